The second-order valence-corrected chi connectivity index (χ2v) is 35.4. The molecule has 0 fully saturated rings. The van der Waals surface area contributed by atoms with Gasteiger partial charge in [0.25, 0.3) is 16.0 Å². The number of aryl methyl sites for hydroxylation is 2. The van der Waals surface area contributed by atoms with Crippen LogP contribution in [0.2, 0.25) is 0 Å². The van der Waals surface area contributed by atoms with Crippen molar-refractivity contribution in [3.8, 4) is 21.7 Å². The first-order chi connectivity index (χ1) is 38.5. The molecule has 6 heteroatoms. The lowest BCUT2D eigenvalue weighted by molar-refractivity contribution is 0.555. The van der Waals surface area contributed by atoms with Crippen molar-refractivity contribution in [1.82, 2.24) is 0 Å². The van der Waals surface area contributed by atoms with Gasteiger partial charge in [-0.15, -0.1) is 0 Å². The van der Waals surface area contributed by atoms with Gasteiger partial charge in [0.1, 0.15) is 22.3 Å². The lowest BCUT2D eigenvalue weighted by Gasteiger charge is -2.27. The summed E-state index contributed by atoms with van der Waals surface area (Å²) in [6, 6.07) is 41.9. The Labute approximate surface area is 505 Å². The van der Waals surface area contributed by atoms with Crippen LogP contribution in [0.25, 0.3) is 87.2 Å². The van der Waals surface area contributed by atoms with Crippen molar-refractivity contribution in [2.24, 2.45) is 0 Å². The summed E-state index contributed by atoms with van der Waals surface area (Å²) < 4.78 is 32.2. The second kappa shape index (κ2) is 20.3. The van der Waals surface area contributed by atoms with Gasteiger partial charge < -0.3 is 16.8 Å². The zero-order chi connectivity index (χ0) is 61.7. The molecule has 0 radical (unpaired) electrons. The molecule has 0 saturated carbocycles. The number of fused-ring (bicyclic) bond motifs is 8. The molecule has 10 rings (SSSR count). The highest BCUT2D eigenvalue weighted by molar-refractivity contribution is 7.47. The molecule has 2 heterocycles. The highest BCUT2D eigenvalue weighted by atomic mass is 31.1. The van der Waals surface area contributed by atoms with Crippen LogP contribution < -0.4 is 0 Å². The third-order valence-corrected chi connectivity index (χ3v) is 20.6. The molecular weight excluding hydrogens is 1060 g/mol. The van der Waals surface area contributed by atoms with E-state index in [9.17, 15) is 0 Å². The minimum absolute atomic E-state index is 0.137. The second-order valence-electron chi connectivity index (χ2n) is 32.8. The van der Waals surface area contributed by atoms with E-state index in [1.807, 2.05) is 0 Å². The van der Waals surface area contributed by atoms with Crippen molar-refractivity contribution in [3.05, 3.63) is 165 Å². The van der Waals surface area contributed by atoms with Crippen LogP contribution >= 0.6 is 16.0 Å². The van der Waals surface area contributed by atoms with E-state index >= 15 is 0 Å². The Morgan fingerprint density at radius 3 is 0.702 bits per heavy atom. The van der Waals surface area contributed by atoms with Crippen LogP contribution in [0.3, 0.4) is 0 Å². The van der Waals surface area contributed by atoms with Crippen molar-refractivity contribution >= 4 is 81.4 Å². The predicted molar refractivity (Wildman–Crippen MR) is 368 cm³/mol. The average Bonchev–Trinajstić information content (AvgIpc) is 1.46. The average molecular weight is 1160 g/mol. The highest BCUT2D eigenvalue weighted by Crippen LogP contribution is 2.60. The summed E-state index contributed by atoms with van der Waals surface area (Å²) in [7, 11) is -3.87. The fourth-order valence-corrected chi connectivity index (χ4v) is 15.6. The van der Waals surface area contributed by atoms with Crippen molar-refractivity contribution in [3.63, 3.8) is 0 Å². The van der Waals surface area contributed by atoms with Crippen LogP contribution in [-0.4, -0.2) is 0 Å². The topological polar surface area (TPSA) is 52.6 Å². The van der Waals surface area contributed by atoms with E-state index in [1.54, 1.807) is 0 Å². The molecule has 0 unspecified atom stereocenters. The van der Waals surface area contributed by atoms with Crippen molar-refractivity contribution in [2.45, 2.75) is 223 Å². The third-order valence-electron chi connectivity index (χ3n) is 17.4. The molecule has 0 saturated heterocycles. The van der Waals surface area contributed by atoms with Crippen molar-refractivity contribution in [1.29, 1.82) is 0 Å². The smallest absolute Gasteiger partial charge is 0.253 e. The van der Waals surface area contributed by atoms with Gasteiger partial charge >= 0.3 is 0 Å². The van der Waals surface area contributed by atoms with Gasteiger partial charge in [0, 0.05) is 54.9 Å². The van der Waals surface area contributed by atoms with E-state index in [1.165, 1.54) is 44.5 Å². The van der Waals surface area contributed by atoms with Crippen LogP contribution in [0.5, 0.6) is 0 Å². The molecule has 442 valence electrons. The van der Waals surface area contributed by atoms with Crippen LogP contribution in [-0.2, 0) is 43.3 Å². The molecule has 0 atom stereocenters. The maximum atomic E-state index is 8.05. The Balaban J connectivity index is 1.51. The van der Waals surface area contributed by atoms with Crippen LogP contribution in [0, 0.1) is 13.8 Å². The van der Waals surface area contributed by atoms with Crippen LogP contribution in [0.4, 0.5) is 0 Å². The molecule has 2 aromatic heterocycles. The first kappa shape index (κ1) is 61.2. The summed E-state index contributed by atoms with van der Waals surface area (Å²) >= 11 is 0. The normalized spacial score (nSPS) is 13.6. The van der Waals surface area contributed by atoms with Gasteiger partial charge in [0.05, 0.1) is 10.6 Å². The summed E-state index contributed by atoms with van der Waals surface area (Å²) in [4.78, 5) is 0. The molecule has 10 aromatic rings. The zero-order valence-electron chi connectivity index (χ0n) is 55.9. The molecular formula is C78H96O4P2. The Morgan fingerprint density at radius 1 is 0.262 bits per heavy atom. The summed E-state index contributed by atoms with van der Waals surface area (Å²) in [6.45, 7) is 60.3. The van der Waals surface area contributed by atoms with E-state index in [4.69, 9.17) is 16.8 Å². The minimum atomic E-state index is -1.94. The number of hydrogen-bond donors (Lipinski definition) is 0. The molecule has 0 spiro atoms. The Kier molecular flexibility index (Phi) is 14.8. The minimum Gasteiger partial charge on any atom is -0.415 e. The van der Waals surface area contributed by atoms with Gasteiger partial charge in [0.15, 0.2) is 0 Å². The number of benzene rings is 8. The predicted octanol–water partition coefficient (Wildman–Crippen LogP) is 25.8. The number of hydrogen-bond acceptors (Lipinski definition) is 4. The summed E-state index contributed by atoms with van der Waals surface area (Å²) in [5, 5.41) is 10.9. The zero-order valence-corrected chi connectivity index (χ0v) is 57.7. The Hall–Kier alpha value is -5.92. The molecule has 0 aliphatic heterocycles. The molecule has 0 bridgehead atoms. The van der Waals surface area contributed by atoms with Crippen LogP contribution in [0.1, 0.15) is 222 Å². The summed E-state index contributed by atoms with van der Waals surface area (Å²) in [5.74, 6) is 0. The van der Waals surface area contributed by atoms with Gasteiger partial charge in [-0.25, -0.2) is 0 Å². The lowest BCUT2D eigenvalue weighted by Crippen LogP contribution is -2.17. The molecule has 84 heavy (non-hydrogen) atoms. The van der Waals surface area contributed by atoms with E-state index in [2.05, 4.69) is 289 Å². The van der Waals surface area contributed by atoms with Gasteiger partial charge in [-0.2, -0.15) is 0 Å². The third kappa shape index (κ3) is 11.2. The molecule has 4 nitrogen and oxygen atoms in total. The van der Waals surface area contributed by atoms with Gasteiger partial charge in [-0.05, 0) is 136 Å². The van der Waals surface area contributed by atoms with E-state index in [-0.39, 0.29) is 43.3 Å². The highest BCUT2D eigenvalue weighted by Gasteiger charge is 2.34. The molecule has 0 amide bonds. The maximum Gasteiger partial charge on any atom is 0.253 e. The molecule has 8 aromatic carbocycles. The Bertz CT molecular complexity index is 3910. The van der Waals surface area contributed by atoms with Gasteiger partial charge in [-0.3, -0.25) is 0 Å². The van der Waals surface area contributed by atoms with Crippen LogP contribution in [0.15, 0.2) is 126 Å². The molecule has 0 aliphatic rings. The molecule has 0 aliphatic carbocycles. The Morgan fingerprint density at radius 2 is 0.488 bits per heavy atom. The maximum absolute atomic E-state index is 8.05. The monoisotopic (exact) mass is 1160 g/mol. The largest absolute Gasteiger partial charge is 0.415 e. The summed E-state index contributed by atoms with van der Waals surface area (Å²) in [5.41, 5.74) is 16.0. The first-order valence-corrected chi connectivity index (χ1v) is 33.0. The van der Waals surface area contributed by atoms with Gasteiger partial charge in [-0.1, -0.05) is 251 Å². The van der Waals surface area contributed by atoms with E-state index in [0.717, 1.165) is 98.3 Å². The first-order valence-electron chi connectivity index (χ1n) is 30.7. The lowest BCUT2D eigenvalue weighted by atomic mass is 9.77. The van der Waals surface area contributed by atoms with Gasteiger partial charge in [0.2, 0.25) is 0 Å². The van der Waals surface area contributed by atoms with Crippen molar-refractivity contribution < 1.29 is 16.8 Å². The van der Waals surface area contributed by atoms with E-state index in [0.29, 0.717) is 0 Å². The standard InChI is InChI=1S/C78H96O4P2/c1-45-35-47-31-27-29-33-53(47)63(69(45)83-79-65-55(37-49(71(3,4)5)41-59(65)75(15,16)17)56-38-50(72(6,7)8)42-60(66(56)80-83)76(18,19)20)64-54-34-30-28-32-48(54)36-46(2)70(64)84-81-67-57(39-51(73(9,10)11)43-61(67)77(21,22)23)58-40-52(74(12,13)14)44-62(68(58)82-84)78(24,25)26/h27-44H,1-26H3. The van der Waals surface area contributed by atoms with Crippen molar-refractivity contribution in [2.75, 3.05) is 0 Å². The quantitative estimate of drug-likeness (QED) is 0.177. The number of rotatable bonds is 3. The molecule has 0 N–H and O–H groups in total. The van der Waals surface area contributed by atoms with E-state index < -0.39 is 16.0 Å². The fraction of sp³-hybridized carbons (Fsp3) is 0.436. The SMILES string of the molecule is Cc1cc2ccccc2c(-c2c(-p3oc4c(C(C)(C)C)cc(C(C)(C)C)cc4c4cc(C(C)(C)C)cc(C(C)(C)C)c4o3)c(C)cc3ccccc23)c1-p1oc2c(C(C)(C)C)cc(C(C)(C)C)cc2c2cc(C(C)(C)C)cc(C(C)(C)C)c2o1. The fourth-order valence-electron chi connectivity index (χ4n) is 12.2. The summed E-state index contributed by atoms with van der Waals surface area (Å²) in [6.07, 6.45) is 0.